The molecule has 178 valence electrons. The van der Waals surface area contributed by atoms with Crippen LogP contribution < -0.4 is 14.8 Å². The molecule has 1 fully saturated rings. The summed E-state index contributed by atoms with van der Waals surface area (Å²) < 4.78 is 34.5. The summed E-state index contributed by atoms with van der Waals surface area (Å²) in [5, 5.41) is 3.40. The summed E-state index contributed by atoms with van der Waals surface area (Å²) in [6.07, 6.45) is 0.850. The van der Waals surface area contributed by atoms with E-state index in [4.69, 9.17) is 16.3 Å². The van der Waals surface area contributed by atoms with E-state index >= 15 is 0 Å². The minimum atomic E-state index is -2.88. The fraction of sp³-hybridized carbons (Fsp3) is 0.391. The Morgan fingerprint density at radius 2 is 1.73 bits per heavy atom. The summed E-state index contributed by atoms with van der Waals surface area (Å²) >= 11 is 5.85. The normalized spacial score (nSPS) is 18.2. The number of aryl methyl sites for hydroxylation is 1. The fourth-order valence-electron chi connectivity index (χ4n) is 3.44. The molecule has 1 heterocycles. The van der Waals surface area contributed by atoms with Crippen molar-refractivity contribution < 1.29 is 27.8 Å². The molecule has 10 heteroatoms. The van der Waals surface area contributed by atoms with Gasteiger partial charge in [0.1, 0.15) is 23.6 Å². The second kappa shape index (κ2) is 10.8. The van der Waals surface area contributed by atoms with Crippen LogP contribution in [0.25, 0.3) is 0 Å². The number of imide groups is 1. The van der Waals surface area contributed by atoms with Crippen molar-refractivity contribution in [3.8, 4) is 11.5 Å². The molecule has 1 unspecified atom stereocenters. The maximum absolute atomic E-state index is 13.0. The highest BCUT2D eigenvalue weighted by molar-refractivity contribution is 6.30. The Hall–Kier alpha value is -2.91. The molecule has 0 spiro atoms. The number of benzene rings is 2. The molecule has 1 atom stereocenters. The lowest BCUT2D eigenvalue weighted by Crippen LogP contribution is -2.45. The number of carbonyl (C=O) groups excluding carboxylic acids is 2. The van der Waals surface area contributed by atoms with Crippen molar-refractivity contribution in [1.82, 2.24) is 15.1 Å². The number of urea groups is 1. The second-order valence-corrected chi connectivity index (χ2v) is 8.48. The summed E-state index contributed by atoms with van der Waals surface area (Å²) in [5.74, 6) is 0.444. The lowest BCUT2D eigenvalue weighted by molar-refractivity contribution is -0.132. The van der Waals surface area contributed by atoms with Crippen molar-refractivity contribution in [1.29, 1.82) is 0 Å². The zero-order valence-corrected chi connectivity index (χ0v) is 19.1. The number of alkyl halides is 2. The molecule has 1 saturated heterocycles. The molecule has 3 amide bonds. The van der Waals surface area contributed by atoms with Crippen molar-refractivity contribution in [2.75, 3.05) is 26.9 Å². The Morgan fingerprint density at radius 1 is 1.09 bits per heavy atom. The zero-order chi connectivity index (χ0) is 24.0. The molecule has 0 radical (unpaired) electrons. The van der Waals surface area contributed by atoms with Gasteiger partial charge in [0.2, 0.25) is 0 Å². The lowest BCUT2D eigenvalue weighted by atomic mass is 9.93. The third-order valence-corrected chi connectivity index (χ3v) is 5.60. The Bertz CT molecular complexity index is 959. The minimum absolute atomic E-state index is 0.0689. The maximum Gasteiger partial charge on any atom is 0.387 e. The Morgan fingerprint density at radius 3 is 2.36 bits per heavy atom. The number of carbonyl (C=O) groups is 2. The first-order valence-corrected chi connectivity index (χ1v) is 10.8. The molecule has 33 heavy (non-hydrogen) atoms. The van der Waals surface area contributed by atoms with Gasteiger partial charge in [-0.15, -0.1) is 0 Å². The van der Waals surface area contributed by atoms with Crippen LogP contribution in [0.5, 0.6) is 11.5 Å². The van der Waals surface area contributed by atoms with Gasteiger partial charge in [0, 0.05) is 11.6 Å². The number of ether oxygens (including phenoxy) is 2. The van der Waals surface area contributed by atoms with E-state index < -0.39 is 18.2 Å². The smallest absolute Gasteiger partial charge is 0.387 e. The standard InChI is InChI=1S/C23H26ClF2N3O4/c1-23(12-11-16-3-7-19(8-4-16)33-21(25)26)20(30)29(22(31)27-23)15-28(2)13-14-32-18-9-5-17(24)6-10-18/h3-10,21H,11-15H2,1-2H3,(H,27,31). The topological polar surface area (TPSA) is 71.1 Å². The monoisotopic (exact) mass is 481 g/mol. The van der Waals surface area contributed by atoms with Gasteiger partial charge in [-0.3, -0.25) is 9.69 Å². The Kier molecular flexibility index (Phi) is 8.10. The lowest BCUT2D eigenvalue weighted by Gasteiger charge is -2.24. The van der Waals surface area contributed by atoms with Crippen molar-refractivity contribution in [2.24, 2.45) is 0 Å². The zero-order valence-electron chi connectivity index (χ0n) is 18.4. The van der Waals surface area contributed by atoms with Crippen LogP contribution in [0.2, 0.25) is 5.02 Å². The predicted octanol–water partition coefficient (Wildman–Crippen LogP) is 4.15. The van der Waals surface area contributed by atoms with E-state index in [1.54, 1.807) is 50.4 Å². The van der Waals surface area contributed by atoms with Crippen molar-refractivity contribution in [2.45, 2.75) is 31.9 Å². The molecule has 7 nitrogen and oxygen atoms in total. The first kappa shape index (κ1) is 24.7. The number of hydrogen-bond donors (Lipinski definition) is 1. The van der Waals surface area contributed by atoms with Crippen LogP contribution in [0.1, 0.15) is 18.9 Å². The van der Waals surface area contributed by atoms with E-state index in [1.165, 1.54) is 17.0 Å². The fourth-order valence-corrected chi connectivity index (χ4v) is 3.57. The summed E-state index contributed by atoms with van der Waals surface area (Å²) in [6, 6.07) is 12.8. The van der Waals surface area contributed by atoms with E-state index in [0.717, 1.165) is 5.56 Å². The van der Waals surface area contributed by atoms with Crippen molar-refractivity contribution in [3.63, 3.8) is 0 Å². The first-order chi connectivity index (χ1) is 15.7. The highest BCUT2D eigenvalue weighted by Crippen LogP contribution is 2.24. The SMILES string of the molecule is CN(CCOc1ccc(Cl)cc1)CN1C(=O)NC(C)(CCc2ccc(OC(F)F)cc2)C1=O. The molecular formula is C23H26ClF2N3O4. The number of nitrogens with zero attached hydrogens (tertiary/aromatic N) is 2. The van der Waals surface area contributed by atoms with Crippen LogP contribution >= 0.6 is 11.6 Å². The number of nitrogens with one attached hydrogen (secondary N) is 1. The second-order valence-electron chi connectivity index (χ2n) is 8.04. The quantitative estimate of drug-likeness (QED) is 0.488. The van der Waals surface area contributed by atoms with E-state index in [2.05, 4.69) is 10.1 Å². The molecule has 0 saturated carbocycles. The summed E-state index contributed by atoms with van der Waals surface area (Å²) in [4.78, 5) is 28.4. The number of amides is 3. The summed E-state index contributed by atoms with van der Waals surface area (Å²) in [6.45, 7) is -0.183. The van der Waals surface area contributed by atoms with E-state index in [-0.39, 0.29) is 18.3 Å². The van der Waals surface area contributed by atoms with Crippen LogP contribution in [0, 0.1) is 0 Å². The van der Waals surface area contributed by atoms with Gasteiger partial charge in [-0.2, -0.15) is 8.78 Å². The average molecular weight is 482 g/mol. The van der Waals surface area contributed by atoms with Crippen LogP contribution in [-0.2, 0) is 11.2 Å². The van der Waals surface area contributed by atoms with Gasteiger partial charge in [0.15, 0.2) is 0 Å². The van der Waals surface area contributed by atoms with Gasteiger partial charge in [-0.1, -0.05) is 23.7 Å². The summed E-state index contributed by atoms with van der Waals surface area (Å²) in [7, 11) is 1.80. The number of likely N-dealkylation sites (N-methyl/N-ethyl adjacent to an activating group) is 1. The molecule has 2 aromatic rings. The largest absolute Gasteiger partial charge is 0.492 e. The number of hydrogen-bond acceptors (Lipinski definition) is 5. The highest BCUT2D eigenvalue weighted by Gasteiger charge is 2.47. The average Bonchev–Trinajstić information content (AvgIpc) is 2.97. The molecular weight excluding hydrogens is 456 g/mol. The third-order valence-electron chi connectivity index (χ3n) is 5.35. The highest BCUT2D eigenvalue weighted by atomic mass is 35.5. The van der Waals surface area contributed by atoms with E-state index in [1.807, 2.05) is 4.90 Å². The molecule has 1 aliphatic heterocycles. The predicted molar refractivity (Wildman–Crippen MR) is 120 cm³/mol. The van der Waals surface area contributed by atoms with Gasteiger partial charge >= 0.3 is 12.6 Å². The Labute approximate surface area is 196 Å². The number of rotatable bonds is 11. The molecule has 1 N–H and O–H groups in total. The number of halogens is 3. The first-order valence-electron chi connectivity index (χ1n) is 10.4. The molecule has 1 aliphatic rings. The summed E-state index contributed by atoms with van der Waals surface area (Å²) in [5.41, 5.74) is -0.203. The molecule has 0 aromatic heterocycles. The molecule has 0 aliphatic carbocycles. The molecule has 3 rings (SSSR count). The van der Waals surface area contributed by atoms with Gasteiger partial charge in [-0.25, -0.2) is 9.69 Å². The minimum Gasteiger partial charge on any atom is -0.492 e. The van der Waals surface area contributed by atoms with Gasteiger partial charge in [0.25, 0.3) is 5.91 Å². The molecule has 0 bridgehead atoms. The van der Waals surface area contributed by atoms with Crippen LogP contribution in [0.3, 0.4) is 0 Å². The van der Waals surface area contributed by atoms with Crippen molar-refractivity contribution in [3.05, 3.63) is 59.1 Å². The molecule has 2 aromatic carbocycles. The van der Waals surface area contributed by atoms with Crippen LogP contribution in [0.15, 0.2) is 48.5 Å². The van der Waals surface area contributed by atoms with Gasteiger partial charge in [0.05, 0.1) is 6.67 Å². The van der Waals surface area contributed by atoms with Gasteiger partial charge in [-0.05, 0) is 68.8 Å². The van der Waals surface area contributed by atoms with E-state index in [9.17, 15) is 18.4 Å². The Balaban J connectivity index is 1.48. The third kappa shape index (κ3) is 6.79. The van der Waals surface area contributed by atoms with Gasteiger partial charge < -0.3 is 14.8 Å². The maximum atomic E-state index is 13.0. The van der Waals surface area contributed by atoms with Crippen LogP contribution in [-0.4, -0.2) is 60.8 Å². The van der Waals surface area contributed by atoms with Crippen LogP contribution in [0.4, 0.5) is 13.6 Å². The van der Waals surface area contributed by atoms with Crippen molar-refractivity contribution >= 4 is 23.5 Å². The van der Waals surface area contributed by atoms with E-state index in [0.29, 0.717) is 36.8 Å².